The normalized spacial score (nSPS) is 15.9. The minimum absolute atomic E-state index is 0.0849. The first kappa shape index (κ1) is 32.7. The molecule has 244 valence electrons. The summed E-state index contributed by atoms with van der Waals surface area (Å²) >= 11 is 2.01. The van der Waals surface area contributed by atoms with Crippen LogP contribution in [-0.4, -0.2) is 23.6 Å². The summed E-state index contributed by atoms with van der Waals surface area (Å²) in [6, 6.07) is 16.7. The van der Waals surface area contributed by atoms with Crippen LogP contribution in [0.2, 0.25) is 0 Å². The Morgan fingerprint density at radius 1 is 0.542 bits per heavy atom. The van der Waals surface area contributed by atoms with Crippen LogP contribution >= 0.6 is 23.5 Å². The second kappa shape index (κ2) is 12.4. The van der Waals surface area contributed by atoms with E-state index in [9.17, 15) is 45.5 Å². The molecule has 2 aliphatic heterocycles. The molecule has 0 saturated carbocycles. The number of hydrogen-bond acceptors (Lipinski definition) is 6. The van der Waals surface area contributed by atoms with Crippen LogP contribution in [-0.2, 0) is 21.9 Å². The standard InChI is InChI=1S/C32H18F6N4O4S2/c33-31(34,35)17-3-7-19(8-4-17)39-27(43)15-1-11-23-21(13-15)41-29(45)25(47-23)26-30(46)42-22-14-16(2-12-24(22)48-26)28(44)40-20-9-5-18(6-10-20)32(36,37)38/h1-14H,(H,39,43)(H,40,44)(H,41,45)(H,42,46)/b26-25+. The molecule has 0 spiro atoms. The zero-order valence-corrected chi connectivity index (χ0v) is 25.4. The molecule has 2 heterocycles. The number of nitrogens with one attached hydrogen (secondary N) is 4. The van der Waals surface area contributed by atoms with E-state index < -0.39 is 47.1 Å². The molecule has 8 nitrogen and oxygen atoms in total. The summed E-state index contributed by atoms with van der Waals surface area (Å²) in [5.41, 5.74) is -0.602. The van der Waals surface area contributed by atoms with Gasteiger partial charge in [-0.05, 0) is 84.9 Å². The molecule has 48 heavy (non-hydrogen) atoms. The van der Waals surface area contributed by atoms with Crippen molar-refractivity contribution in [3.05, 3.63) is 117 Å². The van der Waals surface area contributed by atoms with Gasteiger partial charge in [0.2, 0.25) is 0 Å². The van der Waals surface area contributed by atoms with Crippen LogP contribution in [0.3, 0.4) is 0 Å². The van der Waals surface area contributed by atoms with Crippen LogP contribution < -0.4 is 21.3 Å². The first-order chi connectivity index (χ1) is 22.7. The minimum atomic E-state index is -4.52. The Kier molecular flexibility index (Phi) is 8.47. The lowest BCUT2D eigenvalue weighted by molar-refractivity contribution is -0.138. The van der Waals surface area contributed by atoms with Gasteiger partial charge in [0.1, 0.15) is 0 Å². The molecule has 0 radical (unpaired) electrons. The van der Waals surface area contributed by atoms with Crippen molar-refractivity contribution < 1.29 is 45.5 Å². The Hall–Kier alpha value is -5.22. The van der Waals surface area contributed by atoms with Crippen molar-refractivity contribution in [3.8, 4) is 0 Å². The highest BCUT2D eigenvalue weighted by molar-refractivity contribution is 8.08. The minimum Gasteiger partial charge on any atom is -0.322 e. The first-order valence-electron chi connectivity index (χ1n) is 13.6. The number of rotatable bonds is 4. The maximum Gasteiger partial charge on any atom is 0.416 e. The molecule has 0 saturated heterocycles. The number of carbonyl (C=O) groups is 4. The topological polar surface area (TPSA) is 116 Å². The van der Waals surface area contributed by atoms with Gasteiger partial charge >= 0.3 is 12.4 Å². The summed E-state index contributed by atoms with van der Waals surface area (Å²) < 4.78 is 76.9. The fourth-order valence-corrected chi connectivity index (χ4v) is 6.64. The van der Waals surface area contributed by atoms with Crippen molar-refractivity contribution in [2.45, 2.75) is 22.1 Å². The number of alkyl halides is 6. The molecule has 0 aromatic heterocycles. The Labute approximate surface area is 275 Å². The van der Waals surface area contributed by atoms with Crippen molar-refractivity contribution in [3.63, 3.8) is 0 Å². The summed E-state index contributed by atoms with van der Waals surface area (Å²) in [5, 5.41) is 10.3. The lowest BCUT2D eigenvalue weighted by Gasteiger charge is -2.24. The number of hydrogen-bond donors (Lipinski definition) is 4. The quantitative estimate of drug-likeness (QED) is 0.126. The smallest absolute Gasteiger partial charge is 0.322 e. The van der Waals surface area contributed by atoms with Crippen molar-refractivity contribution in [2.75, 3.05) is 21.3 Å². The summed E-state index contributed by atoms with van der Waals surface area (Å²) in [5.74, 6) is -2.46. The summed E-state index contributed by atoms with van der Waals surface area (Å²) in [6.45, 7) is 0. The van der Waals surface area contributed by atoms with Gasteiger partial charge in [-0.15, -0.1) is 0 Å². The van der Waals surface area contributed by atoms with Crippen LogP contribution in [0.5, 0.6) is 0 Å². The van der Waals surface area contributed by atoms with Gasteiger partial charge in [0.25, 0.3) is 23.6 Å². The molecular weight excluding hydrogens is 682 g/mol. The van der Waals surface area contributed by atoms with E-state index in [1.807, 2.05) is 0 Å². The third-order valence-corrected chi connectivity index (χ3v) is 9.43. The average molecular weight is 701 g/mol. The van der Waals surface area contributed by atoms with Gasteiger partial charge in [0, 0.05) is 32.3 Å². The zero-order valence-electron chi connectivity index (χ0n) is 23.8. The molecule has 6 rings (SSSR count). The van der Waals surface area contributed by atoms with Gasteiger partial charge in [0.05, 0.1) is 32.3 Å². The molecule has 0 fully saturated rings. The molecular formula is C32H18F6N4O4S2. The highest BCUT2D eigenvalue weighted by Crippen LogP contribution is 2.47. The van der Waals surface area contributed by atoms with Gasteiger partial charge < -0.3 is 21.3 Å². The first-order valence-corrected chi connectivity index (χ1v) is 15.3. The fraction of sp³-hybridized carbons (Fsp3) is 0.0625. The maximum absolute atomic E-state index is 13.1. The number of carbonyl (C=O) groups excluding carboxylic acids is 4. The molecule has 4 N–H and O–H groups in total. The molecule has 0 unspecified atom stereocenters. The van der Waals surface area contributed by atoms with Crippen LogP contribution in [0.15, 0.2) is 105 Å². The Morgan fingerprint density at radius 3 is 1.23 bits per heavy atom. The fourth-order valence-electron chi connectivity index (χ4n) is 4.58. The number of amides is 4. The van der Waals surface area contributed by atoms with Crippen molar-refractivity contribution in [1.29, 1.82) is 0 Å². The number of benzene rings is 4. The highest BCUT2D eigenvalue weighted by atomic mass is 32.2. The molecule has 2 aliphatic rings. The molecule has 0 bridgehead atoms. The van der Waals surface area contributed by atoms with Crippen LogP contribution in [0, 0.1) is 0 Å². The molecule has 16 heteroatoms. The number of halogens is 6. The van der Waals surface area contributed by atoms with Crippen molar-refractivity contribution in [2.24, 2.45) is 0 Å². The number of thioether (sulfide) groups is 2. The second-order valence-electron chi connectivity index (χ2n) is 10.3. The Morgan fingerprint density at radius 2 is 0.896 bits per heavy atom. The lowest BCUT2D eigenvalue weighted by atomic mass is 10.1. The maximum atomic E-state index is 13.1. The molecule has 0 atom stereocenters. The second-order valence-corrected chi connectivity index (χ2v) is 12.4. The molecule has 0 aliphatic carbocycles. The predicted molar refractivity (Wildman–Crippen MR) is 168 cm³/mol. The average Bonchev–Trinajstić information content (AvgIpc) is 3.03. The zero-order chi connectivity index (χ0) is 34.4. The molecule has 4 aromatic carbocycles. The van der Waals surface area contributed by atoms with Crippen molar-refractivity contribution in [1.82, 2.24) is 0 Å². The number of fused-ring (bicyclic) bond motifs is 2. The van der Waals surface area contributed by atoms with Gasteiger partial charge in [-0.3, -0.25) is 19.2 Å². The highest BCUT2D eigenvalue weighted by Gasteiger charge is 2.33. The van der Waals surface area contributed by atoms with E-state index in [0.717, 1.165) is 72.1 Å². The third-order valence-electron chi connectivity index (χ3n) is 6.96. The SMILES string of the molecule is O=C1Nc2cc(C(=O)Nc3ccc(C(F)(F)F)cc3)ccc2S/C1=C1/Sc2ccc(C(=O)Nc3ccc(C(F)(F)F)cc3)cc2NC1=O. The van der Waals surface area contributed by atoms with E-state index in [2.05, 4.69) is 21.3 Å². The van der Waals surface area contributed by atoms with E-state index in [4.69, 9.17) is 0 Å². The third kappa shape index (κ3) is 6.89. The van der Waals surface area contributed by atoms with E-state index in [-0.39, 0.29) is 32.3 Å². The lowest BCUT2D eigenvalue weighted by Crippen LogP contribution is -2.25. The van der Waals surface area contributed by atoms with E-state index in [0.29, 0.717) is 21.2 Å². The summed E-state index contributed by atoms with van der Waals surface area (Å²) in [7, 11) is 0. The van der Waals surface area contributed by atoms with Gasteiger partial charge in [-0.2, -0.15) is 26.3 Å². The van der Waals surface area contributed by atoms with Crippen LogP contribution in [0.4, 0.5) is 49.1 Å². The van der Waals surface area contributed by atoms with E-state index in [1.165, 1.54) is 24.3 Å². The molecule has 4 aromatic rings. The Balaban J connectivity index is 1.15. The van der Waals surface area contributed by atoms with Gasteiger partial charge in [-0.1, -0.05) is 23.5 Å². The summed E-state index contributed by atoms with van der Waals surface area (Å²) in [6.07, 6.45) is -9.04. The van der Waals surface area contributed by atoms with Crippen LogP contribution in [0.1, 0.15) is 31.8 Å². The largest absolute Gasteiger partial charge is 0.416 e. The van der Waals surface area contributed by atoms with Gasteiger partial charge in [-0.25, -0.2) is 0 Å². The number of anilines is 4. The van der Waals surface area contributed by atoms with Gasteiger partial charge in [0.15, 0.2) is 0 Å². The predicted octanol–water partition coefficient (Wildman–Crippen LogP) is 8.23. The van der Waals surface area contributed by atoms with Crippen molar-refractivity contribution >= 4 is 69.9 Å². The van der Waals surface area contributed by atoms with E-state index >= 15 is 0 Å². The Bertz CT molecular complexity index is 1880. The summed E-state index contributed by atoms with van der Waals surface area (Å²) in [4.78, 5) is 52.9. The van der Waals surface area contributed by atoms with E-state index in [1.54, 1.807) is 12.1 Å². The molecule has 4 amide bonds. The monoisotopic (exact) mass is 700 g/mol. The van der Waals surface area contributed by atoms with Crippen LogP contribution in [0.25, 0.3) is 0 Å².